The zero-order valence-corrected chi connectivity index (χ0v) is 12.3. The fourth-order valence-corrected chi connectivity index (χ4v) is 3.59. The van der Waals surface area contributed by atoms with E-state index in [1.165, 1.54) is 6.42 Å². The van der Waals surface area contributed by atoms with Crippen LogP contribution in [0.15, 0.2) is 0 Å². The lowest BCUT2D eigenvalue weighted by molar-refractivity contribution is -0.132. The van der Waals surface area contributed by atoms with Crippen molar-refractivity contribution < 1.29 is 4.79 Å². The van der Waals surface area contributed by atoms with Gasteiger partial charge in [0.1, 0.15) is 0 Å². The summed E-state index contributed by atoms with van der Waals surface area (Å²) in [6.07, 6.45) is 5.45. The molecule has 0 radical (unpaired) electrons. The van der Waals surface area contributed by atoms with E-state index in [2.05, 4.69) is 33.0 Å². The highest BCUT2D eigenvalue weighted by molar-refractivity contribution is 5.84. The van der Waals surface area contributed by atoms with E-state index in [1.54, 1.807) is 0 Å². The van der Waals surface area contributed by atoms with Crippen LogP contribution in [0, 0.1) is 16.2 Å². The maximum absolute atomic E-state index is 12.6. The number of amides is 1. The highest BCUT2D eigenvalue weighted by Gasteiger charge is 2.66. The number of carbonyl (C=O) groups is 1. The number of carbonyl (C=O) groups excluding carboxylic acids is 1. The molecule has 0 unspecified atom stereocenters. The first-order valence-electron chi connectivity index (χ1n) is 7.29. The Morgan fingerprint density at radius 1 is 1.11 bits per heavy atom. The molecule has 3 nitrogen and oxygen atoms in total. The second-order valence-electron chi connectivity index (χ2n) is 7.39. The third-order valence-electron chi connectivity index (χ3n) is 5.98. The second kappa shape index (κ2) is 4.22. The summed E-state index contributed by atoms with van der Waals surface area (Å²) >= 11 is 0. The monoisotopic (exact) mass is 252 g/mol. The van der Waals surface area contributed by atoms with Gasteiger partial charge in [-0.2, -0.15) is 0 Å². The highest BCUT2D eigenvalue weighted by atomic mass is 16.2. The zero-order valence-electron chi connectivity index (χ0n) is 12.3. The van der Waals surface area contributed by atoms with Gasteiger partial charge in [-0.3, -0.25) is 4.79 Å². The number of nitrogens with one attached hydrogen (secondary N) is 1. The van der Waals surface area contributed by atoms with E-state index in [-0.39, 0.29) is 22.2 Å². The van der Waals surface area contributed by atoms with E-state index in [4.69, 9.17) is 5.73 Å². The molecule has 104 valence electrons. The summed E-state index contributed by atoms with van der Waals surface area (Å²) in [6.45, 7) is 9.41. The lowest BCUT2D eigenvalue weighted by Crippen LogP contribution is -2.48. The lowest BCUT2D eigenvalue weighted by atomic mass is 9.73. The predicted molar refractivity (Wildman–Crippen MR) is 74.1 cm³/mol. The first kappa shape index (κ1) is 13.9. The summed E-state index contributed by atoms with van der Waals surface area (Å²) in [6, 6.07) is 0.294. The van der Waals surface area contributed by atoms with Gasteiger partial charge in [0.15, 0.2) is 0 Å². The Kier molecular flexibility index (Phi) is 3.25. The third kappa shape index (κ3) is 1.87. The molecule has 1 amide bonds. The van der Waals surface area contributed by atoms with E-state index in [9.17, 15) is 4.79 Å². The van der Waals surface area contributed by atoms with Crippen LogP contribution in [0.25, 0.3) is 0 Å². The number of rotatable bonds is 3. The van der Waals surface area contributed by atoms with Gasteiger partial charge in [0.25, 0.3) is 0 Å². The molecule has 18 heavy (non-hydrogen) atoms. The van der Waals surface area contributed by atoms with Crippen molar-refractivity contribution in [3.8, 4) is 0 Å². The molecule has 2 rings (SSSR count). The Bertz CT molecular complexity index is 326. The molecule has 3 heteroatoms. The molecule has 0 heterocycles. The van der Waals surface area contributed by atoms with Gasteiger partial charge in [-0.05, 0) is 23.7 Å². The van der Waals surface area contributed by atoms with Crippen molar-refractivity contribution in [3.63, 3.8) is 0 Å². The maximum Gasteiger partial charge on any atom is 0.227 e. The highest BCUT2D eigenvalue weighted by Crippen LogP contribution is 2.62. The van der Waals surface area contributed by atoms with E-state index in [0.29, 0.717) is 12.6 Å². The molecule has 0 aromatic rings. The summed E-state index contributed by atoms with van der Waals surface area (Å²) in [4.78, 5) is 12.6. The molecule has 0 atom stereocenters. The molecule has 0 aromatic heterocycles. The average molecular weight is 252 g/mol. The van der Waals surface area contributed by atoms with Crippen LogP contribution >= 0.6 is 0 Å². The molecule has 0 spiro atoms. The number of hydrogen-bond acceptors (Lipinski definition) is 2. The molecule has 2 fully saturated rings. The molecule has 2 aliphatic carbocycles. The van der Waals surface area contributed by atoms with Crippen molar-refractivity contribution in [2.24, 2.45) is 22.0 Å². The Balaban J connectivity index is 2.04. The van der Waals surface area contributed by atoms with Crippen molar-refractivity contribution in [2.75, 3.05) is 6.54 Å². The summed E-state index contributed by atoms with van der Waals surface area (Å²) in [5, 5.41) is 3.28. The van der Waals surface area contributed by atoms with Crippen LogP contribution in [0.3, 0.4) is 0 Å². The molecule has 2 aliphatic rings. The SMILES string of the molecule is CC1(C)C(NC(=O)C2(CN)CCCCC2)C1(C)C. The minimum Gasteiger partial charge on any atom is -0.352 e. The summed E-state index contributed by atoms with van der Waals surface area (Å²) in [7, 11) is 0. The molecular weight excluding hydrogens is 224 g/mol. The summed E-state index contributed by atoms with van der Waals surface area (Å²) in [5.74, 6) is 0.202. The second-order valence-corrected chi connectivity index (χ2v) is 7.39. The Hall–Kier alpha value is -0.570. The molecule has 0 bridgehead atoms. The predicted octanol–water partition coefficient (Wildman–Crippen LogP) is 2.45. The molecule has 2 saturated carbocycles. The quantitative estimate of drug-likeness (QED) is 0.810. The molecular formula is C15H28N2O. The molecule has 0 saturated heterocycles. The lowest BCUT2D eigenvalue weighted by Gasteiger charge is -2.35. The van der Waals surface area contributed by atoms with Gasteiger partial charge < -0.3 is 11.1 Å². The summed E-state index contributed by atoms with van der Waals surface area (Å²) in [5.41, 5.74) is 6.03. The van der Waals surface area contributed by atoms with Crippen LogP contribution in [-0.4, -0.2) is 18.5 Å². The third-order valence-corrected chi connectivity index (χ3v) is 5.98. The van der Waals surface area contributed by atoms with Crippen LogP contribution in [0.2, 0.25) is 0 Å². The minimum atomic E-state index is -0.285. The van der Waals surface area contributed by atoms with Gasteiger partial charge in [-0.15, -0.1) is 0 Å². The first-order chi connectivity index (χ1) is 8.28. The fourth-order valence-electron chi connectivity index (χ4n) is 3.59. The van der Waals surface area contributed by atoms with Gasteiger partial charge in [0.05, 0.1) is 5.41 Å². The van der Waals surface area contributed by atoms with Crippen LogP contribution < -0.4 is 11.1 Å². The van der Waals surface area contributed by atoms with Gasteiger partial charge in [-0.25, -0.2) is 0 Å². The van der Waals surface area contributed by atoms with Crippen LogP contribution in [0.4, 0.5) is 0 Å². The van der Waals surface area contributed by atoms with Crippen LogP contribution in [0.5, 0.6) is 0 Å². The molecule has 3 N–H and O–H groups in total. The van der Waals surface area contributed by atoms with Gasteiger partial charge >= 0.3 is 0 Å². The largest absolute Gasteiger partial charge is 0.352 e. The van der Waals surface area contributed by atoms with Crippen molar-refractivity contribution in [1.82, 2.24) is 5.32 Å². The number of nitrogens with two attached hydrogens (primary N) is 1. The van der Waals surface area contributed by atoms with Crippen molar-refractivity contribution in [1.29, 1.82) is 0 Å². The van der Waals surface area contributed by atoms with Crippen LogP contribution in [0.1, 0.15) is 59.8 Å². The normalized spacial score (nSPS) is 28.7. The fraction of sp³-hybridized carbons (Fsp3) is 0.933. The topological polar surface area (TPSA) is 55.1 Å². The Morgan fingerprint density at radius 3 is 2.00 bits per heavy atom. The van der Waals surface area contributed by atoms with Gasteiger partial charge in [0.2, 0.25) is 5.91 Å². The van der Waals surface area contributed by atoms with E-state index >= 15 is 0 Å². The Morgan fingerprint density at radius 2 is 1.61 bits per heavy atom. The molecule has 0 aliphatic heterocycles. The van der Waals surface area contributed by atoms with Gasteiger partial charge in [-0.1, -0.05) is 47.0 Å². The van der Waals surface area contributed by atoms with Crippen LogP contribution in [-0.2, 0) is 4.79 Å². The minimum absolute atomic E-state index is 0.202. The van der Waals surface area contributed by atoms with Gasteiger partial charge in [0, 0.05) is 12.6 Å². The van der Waals surface area contributed by atoms with E-state index in [0.717, 1.165) is 25.7 Å². The zero-order chi connectivity index (χ0) is 13.6. The maximum atomic E-state index is 12.6. The smallest absolute Gasteiger partial charge is 0.227 e. The summed E-state index contributed by atoms with van der Waals surface area (Å²) < 4.78 is 0. The molecule has 0 aromatic carbocycles. The van der Waals surface area contributed by atoms with Crippen molar-refractivity contribution in [3.05, 3.63) is 0 Å². The van der Waals surface area contributed by atoms with E-state index in [1.807, 2.05) is 0 Å². The van der Waals surface area contributed by atoms with Crippen molar-refractivity contribution in [2.45, 2.75) is 65.8 Å². The standard InChI is InChI=1S/C15H28N2O/c1-13(2)11(14(13,3)4)17-12(18)15(10-16)8-6-5-7-9-15/h11H,5-10,16H2,1-4H3,(H,17,18). The van der Waals surface area contributed by atoms with E-state index < -0.39 is 0 Å². The first-order valence-corrected chi connectivity index (χ1v) is 7.29. The Labute approximate surface area is 111 Å². The average Bonchev–Trinajstić information content (AvgIpc) is 2.72. The van der Waals surface area contributed by atoms with Crippen molar-refractivity contribution >= 4 is 5.91 Å². The number of hydrogen-bond donors (Lipinski definition) is 2.